The minimum absolute atomic E-state index is 0.238. The summed E-state index contributed by atoms with van der Waals surface area (Å²) in [6.07, 6.45) is 0.475. The van der Waals surface area contributed by atoms with Gasteiger partial charge in [-0.25, -0.2) is 4.79 Å². The third kappa shape index (κ3) is 9.43. The normalized spacial score (nSPS) is 18.9. The van der Waals surface area contributed by atoms with Crippen molar-refractivity contribution in [2.45, 2.75) is 76.5 Å². The molecule has 1 heterocycles. The van der Waals surface area contributed by atoms with Gasteiger partial charge in [0.15, 0.2) is 0 Å². The Bertz CT molecular complexity index is 753. The lowest BCUT2D eigenvalue weighted by atomic mass is 9.98. The van der Waals surface area contributed by atoms with Crippen molar-refractivity contribution < 1.29 is 39.0 Å². The minimum atomic E-state index is -1.48. The molecule has 8 N–H and O–H groups in total. The lowest BCUT2D eigenvalue weighted by Gasteiger charge is -2.26. The molecule has 13 nitrogen and oxygen atoms in total. The SMILES string of the molecule is CCC(C)C(NC(=O)C(CCC(N)=O)NC(=O)C(CC(=O)O)NC(=O)C1CCCN1)C(=O)O. The van der Waals surface area contributed by atoms with E-state index in [4.69, 9.17) is 10.8 Å². The molecule has 1 rings (SSSR count). The van der Waals surface area contributed by atoms with Crippen molar-refractivity contribution in [2.24, 2.45) is 11.7 Å². The molecule has 1 aliphatic rings. The summed E-state index contributed by atoms with van der Waals surface area (Å²) >= 11 is 0. The van der Waals surface area contributed by atoms with E-state index in [9.17, 15) is 33.9 Å². The lowest BCUT2D eigenvalue weighted by molar-refractivity contribution is -0.144. The molecule has 0 aromatic heterocycles. The molecular weight excluding hydrogens is 438 g/mol. The summed E-state index contributed by atoms with van der Waals surface area (Å²) in [7, 11) is 0. The fourth-order valence-electron chi connectivity index (χ4n) is 3.33. The van der Waals surface area contributed by atoms with E-state index in [1.54, 1.807) is 13.8 Å². The van der Waals surface area contributed by atoms with Crippen LogP contribution in [0.2, 0.25) is 0 Å². The van der Waals surface area contributed by atoms with Gasteiger partial charge in [0.05, 0.1) is 12.5 Å². The van der Waals surface area contributed by atoms with E-state index in [2.05, 4.69) is 21.3 Å². The van der Waals surface area contributed by atoms with Gasteiger partial charge in [0.1, 0.15) is 18.1 Å². The van der Waals surface area contributed by atoms with E-state index in [-0.39, 0.29) is 12.8 Å². The number of nitrogens with two attached hydrogens (primary N) is 1. The Kier molecular flexibility index (Phi) is 11.3. The largest absolute Gasteiger partial charge is 0.481 e. The lowest BCUT2D eigenvalue weighted by Crippen LogP contribution is -2.58. The van der Waals surface area contributed by atoms with Gasteiger partial charge in [0.2, 0.25) is 23.6 Å². The van der Waals surface area contributed by atoms with Crippen LogP contribution >= 0.6 is 0 Å². The van der Waals surface area contributed by atoms with Gasteiger partial charge in [-0.3, -0.25) is 24.0 Å². The van der Waals surface area contributed by atoms with Crippen molar-refractivity contribution in [3.8, 4) is 0 Å². The summed E-state index contributed by atoms with van der Waals surface area (Å²) in [6, 6.07) is -4.65. The molecule has 1 aliphatic heterocycles. The third-order valence-corrected chi connectivity index (χ3v) is 5.48. The maximum Gasteiger partial charge on any atom is 0.326 e. The fourth-order valence-corrected chi connectivity index (χ4v) is 3.33. The van der Waals surface area contributed by atoms with Crippen LogP contribution in [0.4, 0.5) is 0 Å². The average molecular weight is 472 g/mol. The van der Waals surface area contributed by atoms with Gasteiger partial charge < -0.3 is 37.2 Å². The predicted molar refractivity (Wildman–Crippen MR) is 115 cm³/mol. The smallest absolute Gasteiger partial charge is 0.326 e. The van der Waals surface area contributed by atoms with Gasteiger partial charge in [-0.05, 0) is 31.7 Å². The number of carbonyl (C=O) groups excluding carboxylic acids is 4. The molecule has 186 valence electrons. The Morgan fingerprint density at radius 2 is 1.67 bits per heavy atom. The van der Waals surface area contributed by atoms with Crippen LogP contribution in [0, 0.1) is 5.92 Å². The van der Waals surface area contributed by atoms with Gasteiger partial charge >= 0.3 is 11.9 Å². The standard InChI is InChI=1S/C20H33N5O8/c1-3-10(2)16(20(32)33)25-18(30)12(6-7-14(21)26)23-19(31)13(9-15(27)28)24-17(29)11-5-4-8-22-11/h10-13,16,22H,3-9H2,1-2H3,(H2,21,26)(H,23,31)(H,24,29)(H,25,30)(H,27,28)(H,32,33). The third-order valence-electron chi connectivity index (χ3n) is 5.48. The van der Waals surface area contributed by atoms with Crippen molar-refractivity contribution in [3.63, 3.8) is 0 Å². The van der Waals surface area contributed by atoms with Gasteiger partial charge in [-0.2, -0.15) is 0 Å². The summed E-state index contributed by atoms with van der Waals surface area (Å²) < 4.78 is 0. The molecule has 5 atom stereocenters. The number of primary amides is 1. The van der Waals surface area contributed by atoms with Gasteiger partial charge in [-0.15, -0.1) is 0 Å². The molecule has 1 fully saturated rings. The molecule has 0 aromatic carbocycles. The topological polar surface area (TPSA) is 217 Å². The van der Waals surface area contributed by atoms with E-state index >= 15 is 0 Å². The molecular formula is C20H33N5O8. The summed E-state index contributed by atoms with van der Waals surface area (Å²) in [5.74, 6) is -6.15. The zero-order valence-corrected chi connectivity index (χ0v) is 18.8. The molecule has 0 aliphatic carbocycles. The van der Waals surface area contributed by atoms with E-state index in [1.807, 2.05) is 0 Å². The van der Waals surface area contributed by atoms with Crippen molar-refractivity contribution >= 4 is 35.6 Å². The van der Waals surface area contributed by atoms with Gasteiger partial charge in [0, 0.05) is 6.42 Å². The predicted octanol–water partition coefficient (Wildman–Crippen LogP) is -1.94. The van der Waals surface area contributed by atoms with Gasteiger partial charge in [0.25, 0.3) is 0 Å². The summed E-state index contributed by atoms with van der Waals surface area (Å²) in [4.78, 5) is 71.8. The second-order valence-electron chi connectivity index (χ2n) is 8.08. The van der Waals surface area contributed by atoms with Crippen LogP contribution in [-0.4, -0.2) is 76.5 Å². The first kappa shape index (κ1) is 27.8. The Morgan fingerprint density at radius 1 is 1.03 bits per heavy atom. The molecule has 0 aromatic rings. The highest BCUT2D eigenvalue weighted by molar-refractivity contribution is 5.96. The fraction of sp³-hybridized carbons (Fsp3) is 0.700. The van der Waals surface area contributed by atoms with E-state index in [1.165, 1.54) is 0 Å². The first-order valence-corrected chi connectivity index (χ1v) is 10.8. The van der Waals surface area contributed by atoms with Crippen LogP contribution in [-0.2, 0) is 28.8 Å². The Morgan fingerprint density at radius 3 is 2.15 bits per heavy atom. The van der Waals surface area contributed by atoms with Crippen LogP contribution in [0.25, 0.3) is 0 Å². The second-order valence-corrected chi connectivity index (χ2v) is 8.08. The second kappa shape index (κ2) is 13.4. The maximum atomic E-state index is 12.8. The molecule has 1 saturated heterocycles. The molecule has 5 unspecified atom stereocenters. The van der Waals surface area contributed by atoms with Crippen LogP contribution in [0.3, 0.4) is 0 Å². The van der Waals surface area contributed by atoms with Gasteiger partial charge in [-0.1, -0.05) is 20.3 Å². The summed E-state index contributed by atoms with van der Waals surface area (Å²) in [5, 5.41) is 28.5. The van der Waals surface area contributed by atoms with E-state index in [0.29, 0.717) is 19.4 Å². The number of hydrogen-bond donors (Lipinski definition) is 7. The molecule has 0 bridgehead atoms. The summed E-state index contributed by atoms with van der Waals surface area (Å²) in [6.45, 7) is 3.99. The number of amides is 4. The minimum Gasteiger partial charge on any atom is -0.481 e. The monoisotopic (exact) mass is 471 g/mol. The average Bonchev–Trinajstić information content (AvgIpc) is 3.27. The highest BCUT2D eigenvalue weighted by Gasteiger charge is 2.33. The van der Waals surface area contributed by atoms with Crippen molar-refractivity contribution in [2.75, 3.05) is 6.54 Å². The van der Waals surface area contributed by atoms with E-state index < -0.39 is 72.1 Å². The summed E-state index contributed by atoms with van der Waals surface area (Å²) in [5.41, 5.74) is 5.13. The number of hydrogen-bond acceptors (Lipinski definition) is 7. The number of rotatable bonds is 14. The number of nitrogens with one attached hydrogen (secondary N) is 4. The zero-order valence-electron chi connectivity index (χ0n) is 18.8. The first-order chi connectivity index (χ1) is 15.5. The molecule has 4 amide bonds. The number of carboxylic acids is 2. The van der Waals surface area contributed by atoms with Crippen LogP contribution in [0.5, 0.6) is 0 Å². The maximum absolute atomic E-state index is 12.8. The zero-order chi connectivity index (χ0) is 25.1. The Hall–Kier alpha value is -3.22. The van der Waals surface area contributed by atoms with Crippen molar-refractivity contribution in [1.29, 1.82) is 0 Å². The number of carbonyl (C=O) groups is 6. The van der Waals surface area contributed by atoms with Crippen LogP contribution < -0.4 is 27.0 Å². The highest BCUT2D eigenvalue weighted by Crippen LogP contribution is 2.10. The molecule has 33 heavy (non-hydrogen) atoms. The number of aliphatic carboxylic acids is 2. The number of carboxylic acid groups (broad SMARTS) is 2. The Balaban J connectivity index is 2.98. The first-order valence-electron chi connectivity index (χ1n) is 10.8. The molecule has 0 saturated carbocycles. The quantitative estimate of drug-likeness (QED) is 0.150. The van der Waals surface area contributed by atoms with Crippen LogP contribution in [0.1, 0.15) is 52.4 Å². The molecule has 13 heteroatoms. The highest BCUT2D eigenvalue weighted by atomic mass is 16.4. The molecule has 0 spiro atoms. The van der Waals surface area contributed by atoms with Crippen molar-refractivity contribution in [1.82, 2.24) is 21.3 Å². The molecule has 0 radical (unpaired) electrons. The Labute approximate surface area is 191 Å². The van der Waals surface area contributed by atoms with Crippen molar-refractivity contribution in [3.05, 3.63) is 0 Å². The van der Waals surface area contributed by atoms with E-state index in [0.717, 1.165) is 6.42 Å². The van der Waals surface area contributed by atoms with Crippen LogP contribution in [0.15, 0.2) is 0 Å².